The van der Waals surface area contributed by atoms with Crippen molar-refractivity contribution < 1.29 is 14.0 Å². The van der Waals surface area contributed by atoms with Gasteiger partial charge in [0, 0.05) is 13.1 Å². The summed E-state index contributed by atoms with van der Waals surface area (Å²) >= 11 is 6.26. The van der Waals surface area contributed by atoms with Gasteiger partial charge in [0.25, 0.3) is 0 Å². The van der Waals surface area contributed by atoms with Crippen LogP contribution in [-0.4, -0.2) is 34.9 Å². The average molecular weight is 336 g/mol. The molecule has 0 unspecified atom stereocenters. The molecule has 1 fully saturated rings. The smallest absolute Gasteiger partial charge is 0.231 e. The maximum Gasteiger partial charge on any atom is 0.231 e. The van der Waals surface area contributed by atoms with Crippen LogP contribution in [0.15, 0.2) is 16.7 Å². The van der Waals surface area contributed by atoms with Gasteiger partial charge in [0.15, 0.2) is 17.3 Å². The van der Waals surface area contributed by atoms with E-state index < -0.39 is 0 Å². The minimum Gasteiger partial charge on any atom is -0.454 e. The van der Waals surface area contributed by atoms with Crippen LogP contribution in [0.3, 0.4) is 0 Å². The summed E-state index contributed by atoms with van der Waals surface area (Å²) in [5, 5.41) is 4.51. The van der Waals surface area contributed by atoms with E-state index in [0.717, 1.165) is 49.7 Å². The van der Waals surface area contributed by atoms with Gasteiger partial charge in [-0.2, -0.15) is 4.98 Å². The van der Waals surface area contributed by atoms with E-state index in [9.17, 15) is 0 Å². The molecule has 122 valence electrons. The Kier molecular flexibility index (Phi) is 3.87. The molecule has 3 heterocycles. The van der Waals surface area contributed by atoms with E-state index in [4.69, 9.17) is 25.6 Å². The van der Waals surface area contributed by atoms with E-state index in [1.165, 1.54) is 0 Å². The number of likely N-dealkylation sites (tertiary alicyclic amines) is 1. The zero-order chi connectivity index (χ0) is 15.8. The van der Waals surface area contributed by atoms with Gasteiger partial charge in [0.1, 0.15) is 0 Å². The Bertz CT molecular complexity index is 719. The highest BCUT2D eigenvalue weighted by Crippen LogP contribution is 2.40. The Morgan fingerprint density at radius 3 is 3.09 bits per heavy atom. The molecule has 0 bridgehead atoms. The van der Waals surface area contributed by atoms with E-state index in [1.54, 1.807) is 0 Å². The Labute approximate surface area is 139 Å². The molecule has 7 heteroatoms. The van der Waals surface area contributed by atoms with Crippen molar-refractivity contribution in [3.63, 3.8) is 0 Å². The minimum absolute atomic E-state index is 0.237. The summed E-state index contributed by atoms with van der Waals surface area (Å²) in [7, 11) is 0. The summed E-state index contributed by atoms with van der Waals surface area (Å²) in [6, 6.07) is 3.96. The Balaban J connectivity index is 1.47. The topological polar surface area (TPSA) is 60.6 Å². The summed E-state index contributed by atoms with van der Waals surface area (Å²) in [6.07, 6.45) is 2.20. The molecule has 0 aliphatic carbocycles. The van der Waals surface area contributed by atoms with E-state index in [-0.39, 0.29) is 6.79 Å². The number of piperidine rings is 1. The van der Waals surface area contributed by atoms with Crippen LogP contribution in [0, 0.1) is 6.92 Å². The zero-order valence-corrected chi connectivity index (χ0v) is 13.7. The molecule has 0 radical (unpaired) electrons. The fraction of sp³-hybridized carbons (Fsp3) is 0.500. The third-order valence-electron chi connectivity index (χ3n) is 4.29. The summed E-state index contributed by atoms with van der Waals surface area (Å²) < 4.78 is 16.1. The number of rotatable bonds is 3. The molecule has 1 saturated heterocycles. The van der Waals surface area contributed by atoms with Crippen LogP contribution in [0.25, 0.3) is 0 Å². The number of halogens is 1. The van der Waals surface area contributed by atoms with Crippen LogP contribution in [0.1, 0.15) is 36.0 Å². The first kappa shape index (κ1) is 14.8. The number of hydrogen-bond acceptors (Lipinski definition) is 6. The molecule has 23 heavy (non-hydrogen) atoms. The van der Waals surface area contributed by atoms with Crippen molar-refractivity contribution in [1.29, 1.82) is 0 Å². The largest absolute Gasteiger partial charge is 0.454 e. The van der Waals surface area contributed by atoms with E-state index in [1.807, 2.05) is 19.1 Å². The molecule has 0 amide bonds. The SMILES string of the molecule is Cc1noc([C@@H]2CCCN(Cc3cc(Cl)c4c(c3)OCO4)C2)n1. The monoisotopic (exact) mass is 335 g/mol. The zero-order valence-electron chi connectivity index (χ0n) is 12.9. The summed E-state index contributed by atoms with van der Waals surface area (Å²) in [5.41, 5.74) is 1.13. The standard InChI is InChI=1S/C16H18ClN3O3/c1-10-18-16(23-19-10)12-3-2-4-20(8-12)7-11-5-13(17)15-14(6-11)21-9-22-15/h5-6,12H,2-4,7-9H2,1H3/t12-/m1/s1. The highest BCUT2D eigenvalue weighted by atomic mass is 35.5. The van der Waals surface area contributed by atoms with Gasteiger partial charge in [-0.1, -0.05) is 16.8 Å². The normalized spacial score (nSPS) is 20.9. The van der Waals surface area contributed by atoms with Crippen LogP contribution in [0.5, 0.6) is 11.5 Å². The lowest BCUT2D eigenvalue weighted by atomic mass is 9.97. The molecule has 2 aromatic rings. The lowest BCUT2D eigenvalue weighted by Crippen LogP contribution is -2.34. The van der Waals surface area contributed by atoms with Crippen LogP contribution in [0.2, 0.25) is 5.02 Å². The summed E-state index contributed by atoms with van der Waals surface area (Å²) in [6.45, 7) is 4.87. The van der Waals surface area contributed by atoms with Gasteiger partial charge in [0.2, 0.25) is 12.7 Å². The first-order valence-electron chi connectivity index (χ1n) is 7.79. The van der Waals surface area contributed by atoms with Crippen LogP contribution in [-0.2, 0) is 6.54 Å². The Hall–Kier alpha value is -1.79. The minimum atomic E-state index is 0.237. The van der Waals surface area contributed by atoms with Gasteiger partial charge < -0.3 is 14.0 Å². The van der Waals surface area contributed by atoms with Crippen molar-refractivity contribution in [3.8, 4) is 11.5 Å². The number of hydrogen-bond donors (Lipinski definition) is 0. The van der Waals surface area contributed by atoms with Crippen molar-refractivity contribution in [2.75, 3.05) is 19.9 Å². The van der Waals surface area contributed by atoms with Crippen LogP contribution in [0.4, 0.5) is 0 Å². The molecule has 0 spiro atoms. The molecule has 0 saturated carbocycles. The molecule has 2 aliphatic heterocycles. The molecule has 6 nitrogen and oxygen atoms in total. The molecule has 4 rings (SSSR count). The number of fused-ring (bicyclic) bond motifs is 1. The first-order chi connectivity index (χ1) is 11.2. The van der Waals surface area contributed by atoms with Crippen molar-refractivity contribution in [3.05, 3.63) is 34.4 Å². The highest BCUT2D eigenvalue weighted by molar-refractivity contribution is 6.32. The van der Waals surface area contributed by atoms with E-state index in [0.29, 0.717) is 22.5 Å². The van der Waals surface area contributed by atoms with Gasteiger partial charge in [0.05, 0.1) is 10.9 Å². The number of aryl methyl sites for hydroxylation is 1. The second-order valence-electron chi connectivity index (χ2n) is 6.07. The van der Waals surface area contributed by atoms with Crippen molar-refractivity contribution >= 4 is 11.6 Å². The molecule has 1 aromatic heterocycles. The molecular formula is C16H18ClN3O3. The maximum atomic E-state index is 6.26. The average Bonchev–Trinajstić information content (AvgIpc) is 3.16. The maximum absolute atomic E-state index is 6.26. The fourth-order valence-electron chi connectivity index (χ4n) is 3.25. The molecule has 0 N–H and O–H groups in total. The number of benzene rings is 1. The van der Waals surface area contributed by atoms with Gasteiger partial charge in [-0.25, -0.2) is 0 Å². The quantitative estimate of drug-likeness (QED) is 0.858. The van der Waals surface area contributed by atoms with Gasteiger partial charge in [-0.05, 0) is 44.0 Å². The predicted molar refractivity (Wildman–Crippen MR) is 83.9 cm³/mol. The van der Waals surface area contributed by atoms with Crippen LogP contribution < -0.4 is 9.47 Å². The lowest BCUT2D eigenvalue weighted by molar-refractivity contribution is 0.173. The van der Waals surface area contributed by atoms with Crippen molar-refractivity contribution in [2.24, 2.45) is 0 Å². The molecular weight excluding hydrogens is 318 g/mol. The van der Waals surface area contributed by atoms with E-state index >= 15 is 0 Å². The third kappa shape index (κ3) is 3.01. The van der Waals surface area contributed by atoms with E-state index in [2.05, 4.69) is 15.0 Å². The van der Waals surface area contributed by atoms with Crippen molar-refractivity contribution in [1.82, 2.24) is 15.0 Å². The lowest BCUT2D eigenvalue weighted by Gasteiger charge is -2.31. The van der Waals surface area contributed by atoms with Crippen molar-refractivity contribution in [2.45, 2.75) is 32.2 Å². The number of aromatic nitrogens is 2. The highest BCUT2D eigenvalue weighted by Gasteiger charge is 2.26. The summed E-state index contributed by atoms with van der Waals surface area (Å²) in [4.78, 5) is 6.77. The van der Waals surface area contributed by atoms with Gasteiger partial charge in [-0.15, -0.1) is 0 Å². The molecule has 1 atom stereocenters. The fourth-order valence-corrected chi connectivity index (χ4v) is 3.54. The summed E-state index contributed by atoms with van der Waals surface area (Å²) in [5.74, 6) is 3.12. The molecule has 2 aliphatic rings. The van der Waals surface area contributed by atoms with Gasteiger partial charge >= 0.3 is 0 Å². The Morgan fingerprint density at radius 2 is 2.26 bits per heavy atom. The second kappa shape index (κ2) is 6.02. The number of nitrogens with zero attached hydrogens (tertiary/aromatic N) is 3. The molecule has 1 aromatic carbocycles. The second-order valence-corrected chi connectivity index (χ2v) is 6.47. The Morgan fingerprint density at radius 1 is 1.35 bits per heavy atom. The van der Waals surface area contributed by atoms with Gasteiger partial charge in [-0.3, -0.25) is 4.90 Å². The van der Waals surface area contributed by atoms with Crippen LogP contribution >= 0.6 is 11.6 Å². The number of ether oxygens (including phenoxy) is 2. The first-order valence-corrected chi connectivity index (χ1v) is 8.17. The third-order valence-corrected chi connectivity index (χ3v) is 4.57. The predicted octanol–water partition coefficient (Wildman–Crippen LogP) is 3.14.